The lowest BCUT2D eigenvalue weighted by molar-refractivity contribution is 1.02. The Morgan fingerprint density at radius 1 is 0.588 bits per heavy atom. The van der Waals surface area contributed by atoms with E-state index >= 15 is 0 Å². The van der Waals surface area contributed by atoms with E-state index in [0.717, 1.165) is 28.4 Å². The number of fused-ring (bicyclic) bond motifs is 5. The number of nitrogens with zero attached hydrogens (tertiary/aromatic N) is 4. The van der Waals surface area contributed by atoms with Gasteiger partial charge in [0.1, 0.15) is 5.82 Å². The third kappa shape index (κ3) is 2.79. The number of rotatable bonds is 3. The Morgan fingerprint density at radius 3 is 2.21 bits per heavy atom. The van der Waals surface area contributed by atoms with Gasteiger partial charge in [0.25, 0.3) is 0 Å². The minimum atomic E-state index is 0.718. The Hall–Kier alpha value is -4.70. The van der Waals surface area contributed by atoms with E-state index in [1.54, 1.807) is 0 Å². The SMILES string of the molecule is c1ccc(-c2nccc(-n3ccc4ccc5c6ccccc6n(-c6ccccc6)c5c43)n2)cc1. The Labute approximate surface area is 196 Å². The van der Waals surface area contributed by atoms with E-state index < -0.39 is 0 Å². The molecular formula is C30H20N4. The molecule has 0 unspecified atom stereocenters. The van der Waals surface area contributed by atoms with Crippen molar-refractivity contribution in [3.8, 4) is 22.9 Å². The first-order valence-corrected chi connectivity index (χ1v) is 11.4. The molecule has 0 radical (unpaired) electrons. The van der Waals surface area contributed by atoms with E-state index in [1.165, 1.54) is 27.2 Å². The minimum Gasteiger partial charge on any atom is -0.307 e. The smallest absolute Gasteiger partial charge is 0.161 e. The number of hydrogen-bond donors (Lipinski definition) is 0. The summed E-state index contributed by atoms with van der Waals surface area (Å²) in [6, 6.07) is 37.9. The zero-order chi connectivity index (χ0) is 22.5. The second kappa shape index (κ2) is 7.42. The molecular weight excluding hydrogens is 416 g/mol. The topological polar surface area (TPSA) is 35.6 Å². The number of benzene rings is 4. The predicted molar refractivity (Wildman–Crippen MR) is 139 cm³/mol. The van der Waals surface area contributed by atoms with Crippen molar-refractivity contribution in [1.82, 2.24) is 19.1 Å². The highest BCUT2D eigenvalue weighted by molar-refractivity contribution is 6.18. The van der Waals surface area contributed by atoms with Gasteiger partial charge in [-0.3, -0.25) is 4.57 Å². The van der Waals surface area contributed by atoms with Crippen LogP contribution in [0, 0.1) is 0 Å². The van der Waals surface area contributed by atoms with E-state index in [2.05, 4.69) is 93.1 Å². The molecule has 0 amide bonds. The molecule has 0 atom stereocenters. The molecule has 3 aromatic heterocycles. The maximum absolute atomic E-state index is 4.94. The van der Waals surface area contributed by atoms with Gasteiger partial charge >= 0.3 is 0 Å². The minimum absolute atomic E-state index is 0.718. The zero-order valence-corrected chi connectivity index (χ0v) is 18.3. The quantitative estimate of drug-likeness (QED) is 0.294. The molecule has 160 valence electrons. The molecule has 0 aliphatic carbocycles. The number of para-hydroxylation sites is 2. The van der Waals surface area contributed by atoms with E-state index in [4.69, 9.17) is 4.98 Å². The fourth-order valence-electron chi connectivity index (χ4n) is 4.92. The normalized spacial score (nSPS) is 11.5. The summed E-state index contributed by atoms with van der Waals surface area (Å²) < 4.78 is 4.55. The van der Waals surface area contributed by atoms with Crippen molar-refractivity contribution in [2.24, 2.45) is 0 Å². The highest BCUT2D eigenvalue weighted by atomic mass is 15.1. The van der Waals surface area contributed by atoms with Crippen LogP contribution in [0.5, 0.6) is 0 Å². The maximum Gasteiger partial charge on any atom is 0.161 e. The summed E-state index contributed by atoms with van der Waals surface area (Å²) in [4.78, 5) is 9.47. The van der Waals surface area contributed by atoms with Gasteiger partial charge in [-0.1, -0.05) is 78.9 Å². The molecule has 0 fully saturated rings. The van der Waals surface area contributed by atoms with Gasteiger partial charge in [0.2, 0.25) is 0 Å². The lowest BCUT2D eigenvalue weighted by Crippen LogP contribution is -2.01. The fraction of sp³-hybridized carbons (Fsp3) is 0. The van der Waals surface area contributed by atoms with E-state index in [9.17, 15) is 0 Å². The highest BCUT2D eigenvalue weighted by Gasteiger charge is 2.18. The molecule has 0 N–H and O–H groups in total. The molecule has 7 aromatic rings. The summed E-state index contributed by atoms with van der Waals surface area (Å²) in [5, 5.41) is 3.64. The molecule has 4 heteroatoms. The van der Waals surface area contributed by atoms with Gasteiger partial charge in [0.05, 0.1) is 16.6 Å². The van der Waals surface area contributed by atoms with Crippen LogP contribution in [0.2, 0.25) is 0 Å². The summed E-state index contributed by atoms with van der Waals surface area (Å²) in [5.74, 6) is 1.57. The first kappa shape index (κ1) is 18.8. The van der Waals surface area contributed by atoms with Crippen LogP contribution in [0.3, 0.4) is 0 Å². The Balaban J connectivity index is 1.58. The maximum atomic E-state index is 4.94. The monoisotopic (exact) mass is 436 g/mol. The predicted octanol–water partition coefficient (Wildman–Crippen LogP) is 7.18. The molecule has 7 rings (SSSR count). The van der Waals surface area contributed by atoms with Gasteiger partial charge in [-0.2, -0.15) is 0 Å². The summed E-state index contributed by atoms with van der Waals surface area (Å²) in [5.41, 5.74) is 5.65. The zero-order valence-electron chi connectivity index (χ0n) is 18.3. The lowest BCUT2D eigenvalue weighted by atomic mass is 10.1. The molecule has 4 nitrogen and oxygen atoms in total. The molecule has 34 heavy (non-hydrogen) atoms. The highest BCUT2D eigenvalue weighted by Crippen LogP contribution is 2.37. The van der Waals surface area contributed by atoms with Crippen LogP contribution in [-0.2, 0) is 0 Å². The van der Waals surface area contributed by atoms with Crippen molar-refractivity contribution in [1.29, 1.82) is 0 Å². The van der Waals surface area contributed by atoms with E-state index in [-0.39, 0.29) is 0 Å². The Bertz CT molecular complexity index is 1790. The summed E-state index contributed by atoms with van der Waals surface area (Å²) in [6.45, 7) is 0. The van der Waals surface area contributed by atoms with Crippen molar-refractivity contribution >= 4 is 32.7 Å². The average Bonchev–Trinajstić information content (AvgIpc) is 3.49. The summed E-state index contributed by atoms with van der Waals surface area (Å²) >= 11 is 0. The molecule has 3 heterocycles. The van der Waals surface area contributed by atoms with Crippen LogP contribution in [-0.4, -0.2) is 19.1 Å². The van der Waals surface area contributed by atoms with E-state index in [1.807, 2.05) is 42.6 Å². The first-order valence-electron chi connectivity index (χ1n) is 11.4. The fourth-order valence-corrected chi connectivity index (χ4v) is 4.92. The third-order valence-corrected chi connectivity index (χ3v) is 6.42. The average molecular weight is 437 g/mol. The molecule has 0 spiro atoms. The molecule has 0 saturated heterocycles. The molecule has 0 aliphatic heterocycles. The van der Waals surface area contributed by atoms with Crippen LogP contribution in [0.4, 0.5) is 0 Å². The van der Waals surface area contributed by atoms with Crippen LogP contribution in [0.15, 0.2) is 122 Å². The van der Waals surface area contributed by atoms with Gasteiger partial charge in [0, 0.05) is 39.8 Å². The van der Waals surface area contributed by atoms with Gasteiger partial charge in [-0.05, 0) is 30.3 Å². The van der Waals surface area contributed by atoms with Gasteiger partial charge < -0.3 is 4.57 Å². The largest absolute Gasteiger partial charge is 0.307 e. The van der Waals surface area contributed by atoms with Crippen LogP contribution in [0.25, 0.3) is 55.6 Å². The first-order chi connectivity index (χ1) is 16.9. The number of hydrogen-bond acceptors (Lipinski definition) is 2. The summed E-state index contributed by atoms with van der Waals surface area (Å²) in [6.07, 6.45) is 3.94. The second-order valence-corrected chi connectivity index (χ2v) is 8.38. The molecule has 4 aromatic carbocycles. The van der Waals surface area contributed by atoms with Crippen molar-refractivity contribution < 1.29 is 0 Å². The number of aromatic nitrogens is 4. The Morgan fingerprint density at radius 2 is 1.35 bits per heavy atom. The van der Waals surface area contributed by atoms with Crippen molar-refractivity contribution in [2.45, 2.75) is 0 Å². The van der Waals surface area contributed by atoms with Crippen LogP contribution < -0.4 is 0 Å². The standard InChI is InChI=1S/C30H20N4/c1-3-9-22(10-4-1)30-31-19-17-27(32-30)33-20-18-21-15-16-25-24-13-7-8-14-26(24)34(29(25)28(21)33)23-11-5-2-6-12-23/h1-20H. The Kier molecular flexibility index (Phi) is 4.11. The van der Waals surface area contributed by atoms with Gasteiger partial charge in [-0.15, -0.1) is 0 Å². The van der Waals surface area contributed by atoms with Crippen molar-refractivity contribution in [2.75, 3.05) is 0 Å². The van der Waals surface area contributed by atoms with Crippen molar-refractivity contribution in [3.63, 3.8) is 0 Å². The molecule has 0 aliphatic rings. The van der Waals surface area contributed by atoms with Crippen LogP contribution in [0.1, 0.15) is 0 Å². The third-order valence-electron chi connectivity index (χ3n) is 6.42. The summed E-state index contributed by atoms with van der Waals surface area (Å²) in [7, 11) is 0. The second-order valence-electron chi connectivity index (χ2n) is 8.38. The molecule has 0 saturated carbocycles. The van der Waals surface area contributed by atoms with Gasteiger partial charge in [0.15, 0.2) is 5.82 Å². The van der Waals surface area contributed by atoms with Crippen LogP contribution >= 0.6 is 0 Å². The molecule has 0 bridgehead atoms. The lowest BCUT2D eigenvalue weighted by Gasteiger charge is -2.11. The van der Waals surface area contributed by atoms with Gasteiger partial charge in [-0.25, -0.2) is 9.97 Å². The van der Waals surface area contributed by atoms with Crippen molar-refractivity contribution in [3.05, 3.63) is 122 Å². The van der Waals surface area contributed by atoms with E-state index in [0.29, 0.717) is 0 Å².